The minimum Gasteiger partial charge on any atom is -0.454 e. The van der Waals surface area contributed by atoms with Gasteiger partial charge in [-0.1, -0.05) is 6.07 Å². The van der Waals surface area contributed by atoms with Gasteiger partial charge in [-0.15, -0.1) is 0 Å². The van der Waals surface area contributed by atoms with Gasteiger partial charge in [0.25, 0.3) is 5.70 Å². The van der Waals surface area contributed by atoms with E-state index in [9.17, 15) is 10.1 Å². The highest BCUT2D eigenvalue weighted by atomic mass is 16.7. The normalized spacial score (nSPS) is 18.2. The van der Waals surface area contributed by atoms with Gasteiger partial charge in [0.05, 0.1) is 4.92 Å². The maximum Gasteiger partial charge on any atom is 0.273 e. The molecule has 0 aliphatic carbocycles. The monoisotopic (exact) mass is 297 g/mol. The minimum absolute atomic E-state index is 0.0689. The molecule has 7 heteroatoms. The van der Waals surface area contributed by atoms with Crippen LogP contribution in [0.3, 0.4) is 0 Å². The minimum atomic E-state index is -0.591. The van der Waals surface area contributed by atoms with Crippen LogP contribution in [0.2, 0.25) is 0 Å². The summed E-state index contributed by atoms with van der Waals surface area (Å²) in [5.41, 5.74) is 1.49. The Kier molecular flexibility index (Phi) is 2.72. The van der Waals surface area contributed by atoms with Crippen LogP contribution in [-0.4, -0.2) is 16.7 Å². The third-order valence-corrected chi connectivity index (χ3v) is 3.66. The summed E-state index contributed by atoms with van der Waals surface area (Å²) in [5, 5.41) is 14.5. The van der Waals surface area contributed by atoms with E-state index in [1.807, 2.05) is 0 Å². The van der Waals surface area contributed by atoms with Crippen molar-refractivity contribution >= 4 is 11.9 Å². The summed E-state index contributed by atoms with van der Waals surface area (Å²) < 4.78 is 10.6. The molecule has 0 bridgehead atoms. The van der Waals surface area contributed by atoms with Crippen LogP contribution in [0.15, 0.2) is 42.2 Å². The van der Waals surface area contributed by atoms with Crippen molar-refractivity contribution in [1.82, 2.24) is 4.98 Å². The summed E-state index contributed by atoms with van der Waals surface area (Å²) >= 11 is 0. The van der Waals surface area contributed by atoms with Gasteiger partial charge in [-0.25, -0.2) is 4.98 Å². The average Bonchev–Trinajstić information content (AvgIpc) is 3.01. The number of anilines is 1. The fraction of sp³-hybridized carbons (Fsp3) is 0.133. The van der Waals surface area contributed by atoms with Crippen LogP contribution in [0, 0.1) is 10.1 Å². The van der Waals surface area contributed by atoms with Crippen molar-refractivity contribution in [1.29, 1.82) is 0 Å². The third-order valence-electron chi connectivity index (χ3n) is 3.66. The fourth-order valence-corrected chi connectivity index (χ4v) is 2.61. The summed E-state index contributed by atoms with van der Waals surface area (Å²) in [5.74, 6) is 1.86. The molecule has 2 aromatic rings. The average molecular weight is 297 g/mol. The Bertz CT molecular complexity index is 803. The van der Waals surface area contributed by atoms with E-state index in [4.69, 9.17) is 9.47 Å². The van der Waals surface area contributed by atoms with Crippen molar-refractivity contribution in [2.24, 2.45) is 0 Å². The Balaban J connectivity index is 1.79. The molecule has 0 saturated heterocycles. The Morgan fingerprint density at radius 2 is 2.14 bits per heavy atom. The lowest BCUT2D eigenvalue weighted by molar-refractivity contribution is -0.427. The Hall–Kier alpha value is -3.09. The number of rotatable bonds is 2. The summed E-state index contributed by atoms with van der Waals surface area (Å²) in [6.45, 7) is 0.166. The quantitative estimate of drug-likeness (QED) is 0.677. The van der Waals surface area contributed by atoms with Crippen LogP contribution in [0.25, 0.3) is 6.08 Å². The molecule has 1 N–H and O–H groups in total. The second-order valence-electron chi connectivity index (χ2n) is 4.96. The number of hydrogen-bond donors (Lipinski definition) is 1. The topological polar surface area (TPSA) is 86.5 Å². The van der Waals surface area contributed by atoms with Gasteiger partial charge in [0, 0.05) is 17.8 Å². The zero-order chi connectivity index (χ0) is 15.1. The zero-order valence-corrected chi connectivity index (χ0v) is 11.4. The molecule has 0 fully saturated rings. The van der Waals surface area contributed by atoms with Gasteiger partial charge in [-0.2, -0.15) is 0 Å². The molecule has 2 aliphatic heterocycles. The van der Waals surface area contributed by atoms with E-state index in [2.05, 4.69) is 10.3 Å². The molecular weight excluding hydrogens is 286 g/mol. The molecule has 0 saturated carbocycles. The number of benzene rings is 1. The summed E-state index contributed by atoms with van der Waals surface area (Å²) in [7, 11) is 0. The number of hydrogen-bond acceptors (Lipinski definition) is 6. The third kappa shape index (κ3) is 1.95. The predicted molar refractivity (Wildman–Crippen MR) is 78.1 cm³/mol. The van der Waals surface area contributed by atoms with E-state index < -0.39 is 6.04 Å². The molecule has 3 heterocycles. The van der Waals surface area contributed by atoms with Crippen LogP contribution < -0.4 is 14.8 Å². The molecule has 1 unspecified atom stereocenters. The first-order chi connectivity index (χ1) is 10.7. The zero-order valence-electron chi connectivity index (χ0n) is 11.4. The van der Waals surface area contributed by atoms with Crippen LogP contribution in [0.5, 0.6) is 11.5 Å². The standard InChI is InChI=1S/C15H11N3O4/c19-18(20)11-6-10-2-1-5-16-15(10)17-14(11)9-3-4-12-13(7-9)22-8-21-12/h1-7,14H,8H2,(H,16,17). The van der Waals surface area contributed by atoms with Gasteiger partial charge in [0.2, 0.25) is 6.79 Å². The summed E-state index contributed by atoms with van der Waals surface area (Å²) in [4.78, 5) is 15.3. The van der Waals surface area contributed by atoms with Gasteiger partial charge >= 0.3 is 0 Å². The predicted octanol–water partition coefficient (Wildman–Crippen LogP) is 2.59. The molecule has 0 radical (unpaired) electrons. The van der Waals surface area contributed by atoms with E-state index in [0.717, 1.165) is 5.56 Å². The maximum atomic E-state index is 11.4. The van der Waals surface area contributed by atoms with Crippen LogP contribution in [0.1, 0.15) is 17.2 Å². The lowest BCUT2D eigenvalue weighted by atomic mass is 9.98. The van der Waals surface area contributed by atoms with Gasteiger partial charge < -0.3 is 14.8 Å². The van der Waals surface area contributed by atoms with Gasteiger partial charge in [-0.3, -0.25) is 10.1 Å². The molecule has 22 heavy (non-hydrogen) atoms. The highest BCUT2D eigenvalue weighted by molar-refractivity contribution is 5.70. The van der Waals surface area contributed by atoms with E-state index in [1.54, 1.807) is 42.6 Å². The van der Waals surface area contributed by atoms with E-state index in [0.29, 0.717) is 22.9 Å². The number of aromatic nitrogens is 1. The molecule has 7 nitrogen and oxygen atoms in total. The maximum absolute atomic E-state index is 11.4. The van der Waals surface area contributed by atoms with Crippen LogP contribution in [0.4, 0.5) is 5.82 Å². The summed E-state index contributed by atoms with van der Waals surface area (Å²) in [6, 6.07) is 8.24. The molecule has 0 spiro atoms. The van der Waals surface area contributed by atoms with Crippen molar-refractivity contribution in [3.8, 4) is 11.5 Å². The van der Waals surface area contributed by atoms with E-state index in [-0.39, 0.29) is 17.4 Å². The van der Waals surface area contributed by atoms with E-state index in [1.165, 1.54) is 0 Å². The van der Waals surface area contributed by atoms with Gasteiger partial charge in [0.15, 0.2) is 11.5 Å². The SMILES string of the molecule is O=[N+]([O-])C1=Cc2cccnc2NC1c1ccc2c(c1)OCO2. The second kappa shape index (κ2) is 4.73. The number of nitrogens with one attached hydrogen (secondary N) is 1. The number of nitro groups is 1. The lowest BCUT2D eigenvalue weighted by Gasteiger charge is -2.22. The largest absolute Gasteiger partial charge is 0.454 e. The molecule has 1 atom stereocenters. The van der Waals surface area contributed by atoms with Gasteiger partial charge in [0.1, 0.15) is 11.9 Å². The first-order valence-electron chi connectivity index (χ1n) is 6.69. The second-order valence-corrected chi connectivity index (χ2v) is 4.96. The molecule has 110 valence electrons. The number of pyridine rings is 1. The first-order valence-corrected chi connectivity index (χ1v) is 6.69. The molecule has 2 aliphatic rings. The Morgan fingerprint density at radius 1 is 1.27 bits per heavy atom. The molecular formula is C15H11N3O4. The highest BCUT2D eigenvalue weighted by Gasteiger charge is 2.32. The van der Waals surface area contributed by atoms with Crippen LogP contribution in [-0.2, 0) is 0 Å². The van der Waals surface area contributed by atoms with Gasteiger partial charge in [-0.05, 0) is 29.8 Å². The Labute approximate surface area is 125 Å². The first kappa shape index (κ1) is 12.6. The smallest absolute Gasteiger partial charge is 0.273 e. The van der Waals surface area contributed by atoms with Crippen molar-refractivity contribution in [2.45, 2.75) is 6.04 Å². The van der Waals surface area contributed by atoms with Crippen molar-refractivity contribution < 1.29 is 14.4 Å². The number of ether oxygens (including phenoxy) is 2. The van der Waals surface area contributed by atoms with Crippen LogP contribution >= 0.6 is 0 Å². The molecule has 4 rings (SSSR count). The Morgan fingerprint density at radius 3 is 3.00 bits per heavy atom. The van der Waals surface area contributed by atoms with E-state index >= 15 is 0 Å². The number of fused-ring (bicyclic) bond motifs is 2. The number of nitrogens with zero attached hydrogens (tertiary/aromatic N) is 2. The highest BCUT2D eigenvalue weighted by Crippen LogP contribution is 2.39. The summed E-state index contributed by atoms with van der Waals surface area (Å²) in [6.07, 6.45) is 3.20. The molecule has 0 amide bonds. The molecule has 1 aromatic carbocycles. The fourth-order valence-electron chi connectivity index (χ4n) is 2.61. The van der Waals surface area contributed by atoms with Crippen molar-refractivity contribution in [3.05, 3.63) is 63.5 Å². The van der Waals surface area contributed by atoms with Crippen molar-refractivity contribution in [2.75, 3.05) is 12.1 Å². The molecule has 1 aromatic heterocycles. The van der Waals surface area contributed by atoms with Crippen molar-refractivity contribution in [3.63, 3.8) is 0 Å². The lowest BCUT2D eigenvalue weighted by Crippen LogP contribution is -2.22.